The molecule has 1 aliphatic rings. The van der Waals surface area contributed by atoms with E-state index >= 15 is 0 Å². The maximum absolute atomic E-state index is 9.25. The molecule has 1 unspecified atom stereocenters. The van der Waals surface area contributed by atoms with E-state index in [4.69, 9.17) is 10.8 Å². The summed E-state index contributed by atoms with van der Waals surface area (Å²) in [6, 6.07) is 0. The highest BCUT2D eigenvalue weighted by molar-refractivity contribution is 4.70. The normalized spacial score (nSPS) is 23.3. The van der Waals surface area contributed by atoms with E-state index in [1.807, 2.05) is 0 Å². The van der Waals surface area contributed by atoms with E-state index < -0.39 is 6.23 Å². The zero-order valence-corrected chi connectivity index (χ0v) is 8.02. The molecule has 0 saturated carbocycles. The number of aliphatic hydroxyl groups is 2. The lowest BCUT2D eigenvalue weighted by molar-refractivity contribution is 0.0786. The van der Waals surface area contributed by atoms with Crippen LogP contribution in [0.25, 0.3) is 0 Å². The van der Waals surface area contributed by atoms with E-state index in [0.717, 1.165) is 38.9 Å². The molecule has 0 aromatic carbocycles. The minimum absolute atomic E-state index is 0.101. The monoisotopic (exact) mass is 188 g/mol. The Hall–Kier alpha value is -0.160. The second kappa shape index (κ2) is 5.54. The van der Waals surface area contributed by atoms with Gasteiger partial charge in [-0.1, -0.05) is 0 Å². The Morgan fingerprint density at radius 2 is 2.00 bits per heavy atom. The molecule has 1 heterocycles. The average molecular weight is 188 g/mol. The van der Waals surface area contributed by atoms with E-state index in [2.05, 4.69) is 4.90 Å². The fraction of sp³-hybridized carbons (Fsp3) is 1.00. The summed E-state index contributed by atoms with van der Waals surface area (Å²) in [5.74, 6) is 0. The van der Waals surface area contributed by atoms with Crippen molar-refractivity contribution in [1.82, 2.24) is 4.90 Å². The third-order valence-corrected chi connectivity index (χ3v) is 2.53. The van der Waals surface area contributed by atoms with Crippen LogP contribution in [-0.4, -0.2) is 47.1 Å². The van der Waals surface area contributed by atoms with Gasteiger partial charge >= 0.3 is 0 Å². The molecule has 4 heteroatoms. The zero-order chi connectivity index (χ0) is 9.68. The fourth-order valence-corrected chi connectivity index (χ4v) is 1.67. The molecule has 4 nitrogen and oxygen atoms in total. The van der Waals surface area contributed by atoms with Crippen molar-refractivity contribution in [3.8, 4) is 0 Å². The number of nitrogens with zero attached hydrogens (tertiary/aromatic N) is 1. The number of aliphatic hydroxyl groups excluding tert-OH is 2. The van der Waals surface area contributed by atoms with Crippen molar-refractivity contribution < 1.29 is 10.2 Å². The van der Waals surface area contributed by atoms with Gasteiger partial charge in [-0.05, 0) is 32.2 Å². The molecule has 1 saturated heterocycles. The van der Waals surface area contributed by atoms with Crippen LogP contribution in [0, 0.1) is 0 Å². The van der Waals surface area contributed by atoms with Crippen LogP contribution in [-0.2, 0) is 0 Å². The second-order valence-corrected chi connectivity index (χ2v) is 3.78. The highest BCUT2D eigenvalue weighted by Crippen LogP contribution is 2.10. The van der Waals surface area contributed by atoms with Gasteiger partial charge in [0.05, 0.1) is 6.10 Å². The quantitative estimate of drug-likeness (QED) is 0.520. The summed E-state index contributed by atoms with van der Waals surface area (Å²) in [6.45, 7) is 2.94. The maximum atomic E-state index is 9.25. The molecule has 0 aromatic rings. The first-order valence-electron chi connectivity index (χ1n) is 5.02. The van der Waals surface area contributed by atoms with Crippen LogP contribution >= 0.6 is 0 Å². The van der Waals surface area contributed by atoms with E-state index in [9.17, 15) is 5.11 Å². The first kappa shape index (κ1) is 10.9. The minimum atomic E-state index is -0.671. The Morgan fingerprint density at radius 1 is 1.38 bits per heavy atom. The lowest BCUT2D eigenvalue weighted by atomic mass is 10.1. The summed E-state index contributed by atoms with van der Waals surface area (Å²) in [5.41, 5.74) is 5.23. The highest BCUT2D eigenvalue weighted by atomic mass is 16.3. The molecule has 0 bridgehead atoms. The Labute approximate surface area is 79.3 Å². The van der Waals surface area contributed by atoms with Crippen LogP contribution < -0.4 is 5.73 Å². The zero-order valence-electron chi connectivity index (χ0n) is 8.02. The number of hydrogen-bond acceptors (Lipinski definition) is 4. The minimum Gasteiger partial charge on any atom is -0.393 e. The van der Waals surface area contributed by atoms with Crippen molar-refractivity contribution in [2.24, 2.45) is 5.73 Å². The topological polar surface area (TPSA) is 69.7 Å². The summed E-state index contributed by atoms with van der Waals surface area (Å²) in [5, 5.41) is 18.1. The molecule has 0 aromatic heterocycles. The number of piperidine rings is 1. The summed E-state index contributed by atoms with van der Waals surface area (Å²) in [7, 11) is 0. The van der Waals surface area contributed by atoms with E-state index in [0.29, 0.717) is 6.42 Å². The van der Waals surface area contributed by atoms with Gasteiger partial charge in [-0.15, -0.1) is 0 Å². The summed E-state index contributed by atoms with van der Waals surface area (Å²) in [6.07, 6.45) is 2.59. The van der Waals surface area contributed by atoms with Gasteiger partial charge in [-0.25, -0.2) is 0 Å². The molecule has 13 heavy (non-hydrogen) atoms. The molecular weight excluding hydrogens is 168 g/mol. The number of likely N-dealkylation sites (tertiary alicyclic amines) is 1. The molecule has 1 fully saturated rings. The molecule has 0 spiro atoms. The van der Waals surface area contributed by atoms with Crippen molar-refractivity contribution in [3.05, 3.63) is 0 Å². The molecule has 1 aliphatic heterocycles. The first-order valence-corrected chi connectivity index (χ1v) is 5.02. The lowest BCUT2D eigenvalue weighted by Crippen LogP contribution is -2.36. The van der Waals surface area contributed by atoms with E-state index in [1.54, 1.807) is 0 Å². The van der Waals surface area contributed by atoms with Crippen molar-refractivity contribution in [2.45, 2.75) is 38.0 Å². The number of rotatable bonds is 4. The van der Waals surface area contributed by atoms with E-state index in [1.165, 1.54) is 0 Å². The largest absolute Gasteiger partial charge is 0.393 e. The Balaban J connectivity index is 2.02. The van der Waals surface area contributed by atoms with Gasteiger partial charge in [0.2, 0.25) is 0 Å². The van der Waals surface area contributed by atoms with Gasteiger partial charge in [-0.3, -0.25) is 0 Å². The van der Waals surface area contributed by atoms with Crippen molar-refractivity contribution in [1.29, 1.82) is 0 Å². The van der Waals surface area contributed by atoms with Crippen LogP contribution in [0.1, 0.15) is 25.7 Å². The third-order valence-electron chi connectivity index (χ3n) is 2.53. The van der Waals surface area contributed by atoms with Gasteiger partial charge in [-0.2, -0.15) is 0 Å². The fourth-order valence-electron chi connectivity index (χ4n) is 1.67. The predicted octanol–water partition coefficient (Wildman–Crippen LogP) is -0.500. The van der Waals surface area contributed by atoms with Gasteiger partial charge in [0.1, 0.15) is 6.23 Å². The molecular formula is C9H20N2O2. The summed E-state index contributed by atoms with van der Waals surface area (Å²) >= 11 is 0. The molecule has 4 N–H and O–H groups in total. The molecule has 0 amide bonds. The van der Waals surface area contributed by atoms with Gasteiger partial charge < -0.3 is 20.8 Å². The predicted molar refractivity (Wildman–Crippen MR) is 51.1 cm³/mol. The molecule has 1 atom stereocenters. The van der Waals surface area contributed by atoms with Gasteiger partial charge in [0.25, 0.3) is 0 Å². The number of nitrogens with two attached hydrogens (primary N) is 1. The molecule has 0 radical (unpaired) electrons. The average Bonchev–Trinajstić information content (AvgIpc) is 2.08. The van der Waals surface area contributed by atoms with Gasteiger partial charge in [0, 0.05) is 13.1 Å². The summed E-state index contributed by atoms with van der Waals surface area (Å²) in [4.78, 5) is 2.31. The number of hydrogen-bond donors (Lipinski definition) is 3. The Kier molecular flexibility index (Phi) is 4.66. The van der Waals surface area contributed by atoms with Crippen LogP contribution in [0.5, 0.6) is 0 Å². The first-order chi connectivity index (χ1) is 6.18. The van der Waals surface area contributed by atoms with Crippen molar-refractivity contribution >= 4 is 0 Å². The van der Waals surface area contributed by atoms with Crippen LogP contribution in [0.15, 0.2) is 0 Å². The Bertz CT molecular complexity index is 134. The molecule has 0 aliphatic carbocycles. The standard InChI is InChI=1S/C9H20N2O2/c10-9(13)2-1-5-11-6-3-8(12)4-7-11/h8-9,12-13H,1-7,10H2. The summed E-state index contributed by atoms with van der Waals surface area (Å²) < 4.78 is 0. The van der Waals surface area contributed by atoms with Crippen molar-refractivity contribution in [2.75, 3.05) is 19.6 Å². The van der Waals surface area contributed by atoms with Crippen LogP contribution in [0.2, 0.25) is 0 Å². The second-order valence-electron chi connectivity index (χ2n) is 3.78. The van der Waals surface area contributed by atoms with Crippen LogP contribution in [0.3, 0.4) is 0 Å². The third kappa shape index (κ3) is 4.57. The smallest absolute Gasteiger partial charge is 0.102 e. The lowest BCUT2D eigenvalue weighted by Gasteiger charge is -2.29. The van der Waals surface area contributed by atoms with E-state index in [-0.39, 0.29) is 6.10 Å². The van der Waals surface area contributed by atoms with Crippen molar-refractivity contribution in [3.63, 3.8) is 0 Å². The maximum Gasteiger partial charge on any atom is 0.102 e. The SMILES string of the molecule is NC(O)CCCN1CCC(O)CC1. The molecule has 78 valence electrons. The van der Waals surface area contributed by atoms with Gasteiger partial charge in [0.15, 0.2) is 0 Å². The highest BCUT2D eigenvalue weighted by Gasteiger charge is 2.16. The van der Waals surface area contributed by atoms with Crippen LogP contribution in [0.4, 0.5) is 0 Å². The Morgan fingerprint density at radius 3 is 2.54 bits per heavy atom. The molecule has 1 rings (SSSR count).